The Kier molecular flexibility index (Phi) is 15.1. The predicted molar refractivity (Wildman–Crippen MR) is 230 cm³/mol. The first-order valence-corrected chi connectivity index (χ1v) is 19.3. The summed E-state index contributed by atoms with van der Waals surface area (Å²) in [4.78, 5) is 47.7. The topological polar surface area (TPSA) is 142 Å². The highest BCUT2D eigenvalue weighted by atomic mass is 16.5. The average Bonchev–Trinajstić information content (AvgIpc) is 3.32. The summed E-state index contributed by atoms with van der Waals surface area (Å²) >= 11 is 0. The van der Waals surface area contributed by atoms with Crippen LogP contribution in [0.4, 0.5) is 0 Å². The molecule has 0 aliphatic heterocycles. The minimum atomic E-state index is -0.423. The number of ether oxygens (including phenoxy) is 8. The third-order valence-electron chi connectivity index (χ3n) is 9.40. The fourth-order valence-electron chi connectivity index (χ4n) is 5.99. The van der Waals surface area contributed by atoms with Gasteiger partial charge in [-0.15, -0.1) is 0 Å². The molecule has 0 bridgehead atoms. The molecule has 62 heavy (non-hydrogen) atoms. The van der Waals surface area contributed by atoms with E-state index in [1.807, 2.05) is 36.4 Å². The van der Waals surface area contributed by atoms with Gasteiger partial charge in [0, 0.05) is 12.1 Å². The first-order chi connectivity index (χ1) is 30.1. The third kappa shape index (κ3) is 12.3. The summed E-state index contributed by atoms with van der Waals surface area (Å²) in [6.45, 7) is 0.889. The van der Waals surface area contributed by atoms with Crippen LogP contribution in [0.3, 0.4) is 0 Å². The van der Waals surface area contributed by atoms with Gasteiger partial charge in [-0.2, -0.15) is 0 Å². The Morgan fingerprint density at radius 3 is 0.742 bits per heavy atom. The van der Waals surface area contributed by atoms with Crippen LogP contribution in [-0.2, 0) is 45.4 Å². The Hall–Kier alpha value is -7.86. The van der Waals surface area contributed by atoms with E-state index in [1.54, 1.807) is 109 Å². The SMILES string of the molecule is COC(=O)c1ccc(COc2cc(/C=C/c3cc(OCc4ccc(C(=O)OC)cc4)cc(OCc4ccc(C(=O)OC)cc4)c3)cc(OCc3ccc(C(=O)OC)cc3)c2)cc1. The van der Waals surface area contributed by atoms with E-state index in [0.29, 0.717) is 45.3 Å². The Morgan fingerprint density at radius 1 is 0.339 bits per heavy atom. The van der Waals surface area contributed by atoms with Gasteiger partial charge in [0.25, 0.3) is 0 Å². The van der Waals surface area contributed by atoms with Gasteiger partial charge in [0.15, 0.2) is 0 Å². The van der Waals surface area contributed by atoms with Gasteiger partial charge in [0.1, 0.15) is 49.4 Å². The molecule has 0 amide bonds. The Labute approximate surface area is 359 Å². The van der Waals surface area contributed by atoms with Crippen LogP contribution in [0.25, 0.3) is 12.2 Å². The van der Waals surface area contributed by atoms with Crippen LogP contribution in [0.5, 0.6) is 23.0 Å². The molecular weight excluding hydrogens is 793 g/mol. The molecule has 0 saturated heterocycles. The lowest BCUT2D eigenvalue weighted by Crippen LogP contribution is -2.03. The molecule has 0 aliphatic carbocycles. The van der Waals surface area contributed by atoms with Crippen molar-refractivity contribution in [2.75, 3.05) is 28.4 Å². The molecule has 12 heteroatoms. The Morgan fingerprint density at radius 2 is 0.548 bits per heavy atom. The van der Waals surface area contributed by atoms with Crippen molar-refractivity contribution in [3.8, 4) is 23.0 Å². The van der Waals surface area contributed by atoms with Crippen molar-refractivity contribution in [2.45, 2.75) is 26.4 Å². The largest absolute Gasteiger partial charge is 0.489 e. The molecule has 0 atom stereocenters. The summed E-state index contributed by atoms with van der Waals surface area (Å²) in [5.41, 5.74) is 6.65. The smallest absolute Gasteiger partial charge is 0.337 e. The van der Waals surface area contributed by atoms with E-state index in [4.69, 9.17) is 37.9 Å². The minimum Gasteiger partial charge on any atom is -0.489 e. The van der Waals surface area contributed by atoms with E-state index >= 15 is 0 Å². The molecular formula is C50H44O12. The number of methoxy groups -OCH3 is 4. The molecule has 0 fully saturated rings. The lowest BCUT2D eigenvalue weighted by atomic mass is 10.1. The van der Waals surface area contributed by atoms with Gasteiger partial charge in [0.2, 0.25) is 0 Å². The summed E-state index contributed by atoms with van der Waals surface area (Å²) in [6.07, 6.45) is 3.83. The summed E-state index contributed by atoms with van der Waals surface area (Å²) < 4.78 is 44.2. The number of carbonyl (C=O) groups is 4. The number of rotatable bonds is 18. The lowest BCUT2D eigenvalue weighted by molar-refractivity contribution is 0.0592. The van der Waals surface area contributed by atoms with Gasteiger partial charge in [0.05, 0.1) is 50.7 Å². The molecule has 6 aromatic rings. The molecule has 0 aliphatic rings. The molecule has 6 rings (SSSR count). The Bertz CT molecular complexity index is 2170. The average molecular weight is 837 g/mol. The highest BCUT2D eigenvalue weighted by molar-refractivity contribution is 5.90. The second kappa shape index (κ2) is 21.4. The van der Waals surface area contributed by atoms with Crippen molar-refractivity contribution in [1.82, 2.24) is 0 Å². The van der Waals surface area contributed by atoms with Crippen LogP contribution in [0.15, 0.2) is 133 Å². The zero-order valence-corrected chi connectivity index (χ0v) is 34.6. The standard InChI is InChI=1S/C50H44O12/c1-55-47(51)39-15-7-33(8-16-39)29-59-43-23-37(24-44(27-43)60-30-34-9-17-40(18-10-34)48(52)56-2)5-6-38-25-45(61-31-35-11-19-41(20-12-35)49(53)57-3)28-46(26-38)62-32-36-13-21-42(22-14-36)50(54)58-4/h5-28H,29-32H2,1-4H3/b6-5+. The maximum absolute atomic E-state index is 11.9. The zero-order valence-electron chi connectivity index (χ0n) is 34.6. The second-order valence-corrected chi connectivity index (χ2v) is 13.7. The zero-order chi connectivity index (χ0) is 43.8. The van der Waals surface area contributed by atoms with Gasteiger partial charge in [-0.05, 0) is 106 Å². The third-order valence-corrected chi connectivity index (χ3v) is 9.40. The van der Waals surface area contributed by atoms with Crippen LogP contribution in [0, 0.1) is 0 Å². The van der Waals surface area contributed by atoms with Gasteiger partial charge < -0.3 is 37.9 Å². The highest BCUT2D eigenvalue weighted by Gasteiger charge is 2.11. The number of carbonyl (C=O) groups excluding carboxylic acids is 4. The minimum absolute atomic E-state index is 0.222. The van der Waals surface area contributed by atoms with Crippen molar-refractivity contribution in [3.05, 3.63) is 189 Å². The molecule has 0 saturated carbocycles. The first-order valence-electron chi connectivity index (χ1n) is 19.3. The quantitative estimate of drug-likeness (QED) is 0.0463. The molecule has 0 aromatic heterocycles. The number of hydrogen-bond acceptors (Lipinski definition) is 12. The van der Waals surface area contributed by atoms with Crippen LogP contribution >= 0.6 is 0 Å². The predicted octanol–water partition coefficient (Wildman–Crippen LogP) is 9.32. The maximum atomic E-state index is 11.9. The van der Waals surface area contributed by atoms with Crippen LogP contribution in [0.1, 0.15) is 74.8 Å². The van der Waals surface area contributed by atoms with Gasteiger partial charge in [-0.25, -0.2) is 19.2 Å². The first kappa shape index (κ1) is 43.7. The molecule has 0 unspecified atom stereocenters. The summed E-state index contributed by atoms with van der Waals surface area (Å²) in [5, 5.41) is 0. The fourth-order valence-corrected chi connectivity index (χ4v) is 5.99. The number of benzene rings is 6. The normalized spacial score (nSPS) is 10.7. The van der Waals surface area contributed by atoms with Crippen molar-refractivity contribution >= 4 is 36.0 Å². The second-order valence-electron chi connectivity index (χ2n) is 13.7. The highest BCUT2D eigenvalue weighted by Crippen LogP contribution is 2.29. The molecule has 316 valence electrons. The van der Waals surface area contributed by atoms with E-state index < -0.39 is 23.9 Å². The fraction of sp³-hybridized carbons (Fsp3) is 0.160. The Balaban J connectivity index is 1.25. The molecule has 0 heterocycles. The maximum Gasteiger partial charge on any atom is 0.337 e. The molecule has 0 radical (unpaired) electrons. The van der Waals surface area contributed by atoms with Crippen molar-refractivity contribution in [1.29, 1.82) is 0 Å². The lowest BCUT2D eigenvalue weighted by Gasteiger charge is -2.13. The molecule has 0 spiro atoms. The summed E-state index contributed by atoms with van der Waals surface area (Å²) in [7, 11) is 5.34. The monoisotopic (exact) mass is 836 g/mol. The molecule has 6 aromatic carbocycles. The van der Waals surface area contributed by atoms with Crippen LogP contribution < -0.4 is 18.9 Å². The van der Waals surface area contributed by atoms with E-state index in [1.165, 1.54) is 28.4 Å². The van der Waals surface area contributed by atoms with Gasteiger partial charge in [-0.1, -0.05) is 60.7 Å². The van der Waals surface area contributed by atoms with Crippen LogP contribution in [0.2, 0.25) is 0 Å². The van der Waals surface area contributed by atoms with E-state index in [2.05, 4.69) is 0 Å². The van der Waals surface area contributed by atoms with E-state index in [0.717, 1.165) is 33.4 Å². The molecule has 12 nitrogen and oxygen atoms in total. The number of esters is 4. The van der Waals surface area contributed by atoms with E-state index in [-0.39, 0.29) is 26.4 Å². The van der Waals surface area contributed by atoms with Crippen molar-refractivity contribution in [2.24, 2.45) is 0 Å². The van der Waals surface area contributed by atoms with E-state index in [9.17, 15) is 19.2 Å². The van der Waals surface area contributed by atoms with Gasteiger partial charge >= 0.3 is 23.9 Å². The van der Waals surface area contributed by atoms with Gasteiger partial charge in [-0.3, -0.25) is 0 Å². The number of hydrogen-bond donors (Lipinski definition) is 0. The summed E-state index contributed by atoms with van der Waals surface area (Å²) in [5.74, 6) is 0.466. The van der Waals surface area contributed by atoms with Crippen molar-refractivity contribution < 1.29 is 57.1 Å². The van der Waals surface area contributed by atoms with Crippen molar-refractivity contribution in [3.63, 3.8) is 0 Å². The molecule has 0 N–H and O–H groups in total. The van der Waals surface area contributed by atoms with Crippen LogP contribution in [-0.4, -0.2) is 52.3 Å². The summed E-state index contributed by atoms with van der Waals surface area (Å²) in [6, 6.07) is 39.0.